The SMILES string of the molecule is CCNC1(C#N)CCCC1CCN1CCCOC(C)C1. The molecule has 0 aromatic rings. The van der Waals surface area contributed by atoms with Crippen LogP contribution in [0.4, 0.5) is 0 Å². The molecule has 1 aliphatic heterocycles. The molecule has 1 saturated carbocycles. The van der Waals surface area contributed by atoms with E-state index in [9.17, 15) is 5.26 Å². The molecule has 0 amide bonds. The van der Waals surface area contributed by atoms with Crippen molar-refractivity contribution >= 4 is 0 Å². The zero-order chi connectivity index (χ0) is 14.4. The summed E-state index contributed by atoms with van der Waals surface area (Å²) in [7, 11) is 0. The highest BCUT2D eigenvalue weighted by Gasteiger charge is 2.42. The summed E-state index contributed by atoms with van der Waals surface area (Å²) < 4.78 is 5.70. The van der Waals surface area contributed by atoms with Gasteiger partial charge in [-0.15, -0.1) is 0 Å². The molecular weight excluding hydrogens is 250 g/mol. The Hall–Kier alpha value is -0.630. The second-order valence-electron chi connectivity index (χ2n) is 6.33. The lowest BCUT2D eigenvalue weighted by molar-refractivity contribution is 0.0666. The fourth-order valence-electron chi connectivity index (χ4n) is 3.83. The minimum absolute atomic E-state index is 0.261. The minimum Gasteiger partial charge on any atom is -0.377 e. The van der Waals surface area contributed by atoms with Gasteiger partial charge in [-0.25, -0.2) is 0 Å². The molecule has 3 atom stereocenters. The van der Waals surface area contributed by atoms with Crippen LogP contribution in [0.3, 0.4) is 0 Å². The van der Waals surface area contributed by atoms with Crippen LogP contribution in [-0.4, -0.2) is 49.3 Å². The standard InChI is InChI=1S/C16H29N3O/c1-3-18-16(13-17)8-4-6-15(16)7-10-19-9-5-11-20-14(2)12-19/h14-15,18H,3-12H2,1-2H3. The molecule has 0 radical (unpaired) electrons. The van der Waals surface area contributed by atoms with Gasteiger partial charge in [0.2, 0.25) is 0 Å². The van der Waals surface area contributed by atoms with Crippen molar-refractivity contribution in [2.45, 2.75) is 57.6 Å². The lowest BCUT2D eigenvalue weighted by Crippen LogP contribution is -2.48. The molecule has 0 bridgehead atoms. The summed E-state index contributed by atoms with van der Waals surface area (Å²) >= 11 is 0. The Morgan fingerprint density at radius 1 is 1.45 bits per heavy atom. The monoisotopic (exact) mass is 279 g/mol. The summed E-state index contributed by atoms with van der Waals surface area (Å²) in [5.74, 6) is 0.506. The number of nitriles is 1. The maximum Gasteiger partial charge on any atom is 0.109 e. The smallest absolute Gasteiger partial charge is 0.109 e. The fraction of sp³-hybridized carbons (Fsp3) is 0.938. The Kier molecular flexibility index (Phi) is 5.83. The highest BCUT2D eigenvalue weighted by Crippen LogP contribution is 2.37. The average Bonchev–Trinajstić information content (AvgIpc) is 2.72. The van der Waals surface area contributed by atoms with Gasteiger partial charge < -0.3 is 9.64 Å². The van der Waals surface area contributed by atoms with E-state index in [4.69, 9.17) is 4.74 Å². The molecule has 1 aliphatic carbocycles. The van der Waals surface area contributed by atoms with Crippen molar-refractivity contribution in [3.63, 3.8) is 0 Å². The van der Waals surface area contributed by atoms with E-state index in [0.717, 1.165) is 52.0 Å². The molecule has 1 heterocycles. The largest absolute Gasteiger partial charge is 0.377 e. The Morgan fingerprint density at radius 2 is 2.30 bits per heavy atom. The Labute approximate surface area is 123 Å². The van der Waals surface area contributed by atoms with Crippen LogP contribution >= 0.6 is 0 Å². The van der Waals surface area contributed by atoms with Crippen LogP contribution in [-0.2, 0) is 4.74 Å². The maximum atomic E-state index is 9.60. The van der Waals surface area contributed by atoms with Crippen molar-refractivity contribution in [3.8, 4) is 6.07 Å². The summed E-state index contributed by atoms with van der Waals surface area (Å²) in [6.45, 7) is 9.31. The van der Waals surface area contributed by atoms with Crippen LogP contribution in [0.2, 0.25) is 0 Å². The average molecular weight is 279 g/mol. The van der Waals surface area contributed by atoms with Crippen molar-refractivity contribution in [1.82, 2.24) is 10.2 Å². The lowest BCUT2D eigenvalue weighted by atomic mass is 9.85. The summed E-state index contributed by atoms with van der Waals surface area (Å²) in [5, 5.41) is 13.1. The van der Waals surface area contributed by atoms with Gasteiger partial charge in [-0.1, -0.05) is 13.3 Å². The van der Waals surface area contributed by atoms with Gasteiger partial charge in [0.25, 0.3) is 0 Å². The predicted molar refractivity (Wildman–Crippen MR) is 80.4 cm³/mol. The van der Waals surface area contributed by atoms with Gasteiger partial charge in [-0.3, -0.25) is 5.32 Å². The quantitative estimate of drug-likeness (QED) is 0.838. The van der Waals surface area contributed by atoms with Gasteiger partial charge in [-0.2, -0.15) is 5.26 Å². The molecule has 4 heteroatoms. The van der Waals surface area contributed by atoms with Crippen molar-refractivity contribution in [1.29, 1.82) is 5.26 Å². The molecule has 1 saturated heterocycles. The van der Waals surface area contributed by atoms with Crippen molar-refractivity contribution in [2.24, 2.45) is 5.92 Å². The first kappa shape index (κ1) is 15.8. The van der Waals surface area contributed by atoms with Crippen LogP contribution < -0.4 is 5.32 Å². The Morgan fingerprint density at radius 3 is 3.05 bits per heavy atom. The molecule has 2 fully saturated rings. The molecule has 0 aromatic heterocycles. The van der Waals surface area contributed by atoms with E-state index in [-0.39, 0.29) is 5.54 Å². The van der Waals surface area contributed by atoms with Crippen LogP contribution in [0, 0.1) is 17.2 Å². The molecule has 0 aromatic carbocycles. The van der Waals surface area contributed by atoms with Crippen molar-refractivity contribution in [3.05, 3.63) is 0 Å². The van der Waals surface area contributed by atoms with Gasteiger partial charge in [0, 0.05) is 19.7 Å². The molecule has 0 spiro atoms. The first-order valence-electron chi connectivity index (χ1n) is 8.20. The second-order valence-corrected chi connectivity index (χ2v) is 6.33. The van der Waals surface area contributed by atoms with Crippen LogP contribution in [0.1, 0.15) is 46.0 Å². The van der Waals surface area contributed by atoms with E-state index in [0.29, 0.717) is 12.0 Å². The molecule has 20 heavy (non-hydrogen) atoms. The molecule has 2 aliphatic rings. The summed E-state index contributed by atoms with van der Waals surface area (Å²) in [6.07, 6.45) is 6.00. The van der Waals surface area contributed by atoms with Crippen LogP contribution in [0.15, 0.2) is 0 Å². The predicted octanol–water partition coefficient (Wildman–Crippen LogP) is 2.16. The van der Waals surface area contributed by atoms with Gasteiger partial charge in [0.1, 0.15) is 5.54 Å². The highest BCUT2D eigenvalue weighted by atomic mass is 16.5. The highest BCUT2D eigenvalue weighted by molar-refractivity contribution is 5.14. The number of ether oxygens (including phenoxy) is 1. The third-order valence-corrected chi connectivity index (χ3v) is 4.84. The van der Waals surface area contributed by atoms with Crippen molar-refractivity contribution in [2.75, 3.05) is 32.8 Å². The molecular formula is C16H29N3O. The minimum atomic E-state index is -0.261. The zero-order valence-electron chi connectivity index (χ0n) is 13.0. The number of hydrogen-bond acceptors (Lipinski definition) is 4. The number of hydrogen-bond donors (Lipinski definition) is 1. The second kappa shape index (κ2) is 7.40. The number of rotatable bonds is 5. The van der Waals surface area contributed by atoms with Gasteiger partial charge in [-0.05, 0) is 51.6 Å². The molecule has 1 N–H and O–H groups in total. The first-order chi connectivity index (χ1) is 9.70. The third kappa shape index (κ3) is 3.72. The van der Waals surface area contributed by atoms with E-state index >= 15 is 0 Å². The molecule has 2 rings (SSSR count). The van der Waals surface area contributed by atoms with E-state index < -0.39 is 0 Å². The summed E-state index contributed by atoms with van der Waals surface area (Å²) in [6, 6.07) is 2.58. The van der Waals surface area contributed by atoms with Gasteiger partial charge in [0.05, 0.1) is 12.2 Å². The third-order valence-electron chi connectivity index (χ3n) is 4.84. The number of nitrogens with zero attached hydrogens (tertiary/aromatic N) is 2. The first-order valence-corrected chi connectivity index (χ1v) is 8.20. The zero-order valence-corrected chi connectivity index (χ0v) is 13.0. The molecule has 114 valence electrons. The van der Waals surface area contributed by atoms with Crippen LogP contribution in [0.25, 0.3) is 0 Å². The van der Waals surface area contributed by atoms with Crippen LogP contribution in [0.5, 0.6) is 0 Å². The lowest BCUT2D eigenvalue weighted by Gasteiger charge is -2.31. The van der Waals surface area contributed by atoms with E-state index in [1.54, 1.807) is 0 Å². The van der Waals surface area contributed by atoms with E-state index in [1.165, 1.54) is 12.8 Å². The maximum absolute atomic E-state index is 9.60. The fourth-order valence-corrected chi connectivity index (χ4v) is 3.83. The van der Waals surface area contributed by atoms with E-state index in [2.05, 4.69) is 30.1 Å². The van der Waals surface area contributed by atoms with E-state index in [1.807, 2.05) is 0 Å². The summed E-state index contributed by atoms with van der Waals surface area (Å²) in [4.78, 5) is 2.52. The van der Waals surface area contributed by atoms with Crippen molar-refractivity contribution < 1.29 is 4.74 Å². The Bertz CT molecular complexity index is 341. The van der Waals surface area contributed by atoms with Gasteiger partial charge >= 0.3 is 0 Å². The molecule has 4 nitrogen and oxygen atoms in total. The molecule has 3 unspecified atom stereocenters. The topological polar surface area (TPSA) is 48.3 Å². The van der Waals surface area contributed by atoms with Gasteiger partial charge in [0.15, 0.2) is 0 Å². The summed E-state index contributed by atoms with van der Waals surface area (Å²) in [5.41, 5.74) is -0.261. The Balaban J connectivity index is 1.87. The number of nitrogens with one attached hydrogen (secondary N) is 1. The normalized spacial score (nSPS) is 35.6.